The average Bonchev–Trinajstić information content (AvgIpc) is 3.41. The van der Waals surface area contributed by atoms with Crippen LogP contribution >= 0.6 is 11.3 Å². The highest BCUT2D eigenvalue weighted by molar-refractivity contribution is 7.15. The van der Waals surface area contributed by atoms with Gasteiger partial charge in [0, 0.05) is 27.8 Å². The number of carbonyl (C=O) groups is 2. The summed E-state index contributed by atoms with van der Waals surface area (Å²) in [6.45, 7) is 7.59. The molecule has 10 heteroatoms. The van der Waals surface area contributed by atoms with Crippen molar-refractivity contribution in [3.63, 3.8) is 0 Å². The van der Waals surface area contributed by atoms with Crippen LogP contribution in [0, 0.1) is 38.0 Å². The van der Waals surface area contributed by atoms with E-state index in [2.05, 4.69) is 28.5 Å². The molecule has 2 aromatic carbocycles. The van der Waals surface area contributed by atoms with Crippen LogP contribution in [0.3, 0.4) is 0 Å². The molecule has 2 N–H and O–H groups in total. The van der Waals surface area contributed by atoms with Gasteiger partial charge in [0.2, 0.25) is 5.91 Å². The number of anilines is 1. The number of hydrogen-bond donors (Lipinski definition) is 2. The van der Waals surface area contributed by atoms with E-state index in [1.807, 2.05) is 42.7 Å². The number of rotatable bonds is 6. The van der Waals surface area contributed by atoms with Crippen LogP contribution in [0.2, 0.25) is 0 Å². The number of carboxylic acids is 1. The molecule has 9 nitrogen and oxygen atoms in total. The Morgan fingerprint density at radius 2 is 1.90 bits per heavy atom. The van der Waals surface area contributed by atoms with Gasteiger partial charge in [-0.2, -0.15) is 5.26 Å². The summed E-state index contributed by atoms with van der Waals surface area (Å²) in [5, 5.41) is 31.2. The highest BCUT2D eigenvalue weighted by atomic mass is 32.1. The van der Waals surface area contributed by atoms with Gasteiger partial charge in [-0.3, -0.25) is 19.1 Å². The molecule has 0 bridgehead atoms. The number of fused-ring (bicyclic) bond motifs is 3. The van der Waals surface area contributed by atoms with E-state index in [0.717, 1.165) is 32.1 Å². The van der Waals surface area contributed by atoms with Gasteiger partial charge in [0.05, 0.1) is 23.3 Å². The monoisotopic (exact) mass is 550 g/mol. The predicted molar refractivity (Wildman–Crippen MR) is 154 cm³/mol. The molecule has 1 unspecified atom stereocenters. The van der Waals surface area contributed by atoms with Crippen LogP contribution in [-0.4, -0.2) is 37.5 Å². The maximum atomic E-state index is 12.4. The average molecular weight is 551 g/mol. The first-order chi connectivity index (χ1) is 19.2. The Morgan fingerprint density at radius 1 is 1.15 bits per heavy atom. The molecule has 0 aliphatic carbocycles. The maximum absolute atomic E-state index is 12.4. The van der Waals surface area contributed by atoms with Gasteiger partial charge in [0.25, 0.3) is 0 Å². The summed E-state index contributed by atoms with van der Waals surface area (Å²) in [4.78, 5) is 30.6. The molecule has 0 fully saturated rings. The molecule has 2 atom stereocenters. The topological polar surface area (TPSA) is 133 Å². The first kappa shape index (κ1) is 26.7. The number of aromatic nitrogens is 3. The number of benzene rings is 2. The number of nitriles is 1. The van der Waals surface area contributed by atoms with Gasteiger partial charge < -0.3 is 10.4 Å². The highest BCUT2D eigenvalue weighted by Crippen LogP contribution is 2.40. The third-order valence-electron chi connectivity index (χ3n) is 6.92. The Labute approximate surface area is 235 Å². The minimum atomic E-state index is -0.962. The lowest BCUT2D eigenvalue weighted by molar-refractivity contribution is -0.141. The molecule has 1 aliphatic rings. The summed E-state index contributed by atoms with van der Waals surface area (Å²) in [5.74, 6) is -0.908. The van der Waals surface area contributed by atoms with Gasteiger partial charge in [-0.1, -0.05) is 30.3 Å². The molecule has 4 aromatic rings. The zero-order valence-electron chi connectivity index (χ0n) is 22.3. The van der Waals surface area contributed by atoms with E-state index in [4.69, 9.17) is 10.3 Å². The molecule has 0 radical (unpaired) electrons. The number of hydrogen-bond acceptors (Lipinski definition) is 7. The highest BCUT2D eigenvalue weighted by Gasteiger charge is 2.36. The Balaban J connectivity index is 1.49. The van der Waals surface area contributed by atoms with Crippen LogP contribution in [0.1, 0.15) is 57.3 Å². The minimum Gasteiger partial charge on any atom is -0.481 e. The fourth-order valence-electron chi connectivity index (χ4n) is 4.59. The molecule has 0 saturated carbocycles. The van der Waals surface area contributed by atoms with E-state index >= 15 is 0 Å². The molecule has 1 amide bonds. The van der Waals surface area contributed by atoms with E-state index in [-0.39, 0.29) is 5.91 Å². The quantitative estimate of drug-likeness (QED) is 0.309. The largest absolute Gasteiger partial charge is 0.481 e. The van der Waals surface area contributed by atoms with Gasteiger partial charge in [-0.25, -0.2) is 0 Å². The summed E-state index contributed by atoms with van der Waals surface area (Å²) in [7, 11) is 0. The van der Waals surface area contributed by atoms with Gasteiger partial charge in [0.15, 0.2) is 5.82 Å². The summed E-state index contributed by atoms with van der Waals surface area (Å²) in [5.41, 5.74) is 5.36. The van der Waals surface area contributed by atoms with Gasteiger partial charge in [-0.15, -0.1) is 21.5 Å². The summed E-state index contributed by atoms with van der Waals surface area (Å²) < 4.78 is 1.93. The van der Waals surface area contributed by atoms with Gasteiger partial charge in [0.1, 0.15) is 16.9 Å². The van der Waals surface area contributed by atoms with Crippen molar-refractivity contribution in [3.8, 4) is 11.1 Å². The zero-order chi connectivity index (χ0) is 28.6. The van der Waals surface area contributed by atoms with Crippen molar-refractivity contribution in [1.29, 1.82) is 5.26 Å². The van der Waals surface area contributed by atoms with Crippen LogP contribution < -0.4 is 5.32 Å². The molecule has 40 heavy (non-hydrogen) atoms. The Bertz CT molecular complexity index is 1740. The van der Waals surface area contributed by atoms with Crippen molar-refractivity contribution >= 4 is 40.7 Å². The Hall–Kier alpha value is -4.88. The van der Waals surface area contributed by atoms with Crippen LogP contribution in [0.5, 0.6) is 0 Å². The fraction of sp³-hybridized carbons (Fsp3) is 0.200. The Kier molecular flexibility index (Phi) is 7.15. The second-order valence-corrected chi connectivity index (χ2v) is 10.8. The van der Waals surface area contributed by atoms with Crippen LogP contribution in [-0.2, 0) is 9.59 Å². The molecule has 0 spiro atoms. The van der Waals surface area contributed by atoms with Crippen LogP contribution in [0.4, 0.5) is 5.69 Å². The van der Waals surface area contributed by atoms with Crippen molar-refractivity contribution in [2.24, 2.45) is 10.9 Å². The van der Waals surface area contributed by atoms with Crippen molar-refractivity contribution in [2.75, 3.05) is 5.32 Å². The van der Waals surface area contributed by atoms with Gasteiger partial charge in [-0.05, 0) is 63.1 Å². The van der Waals surface area contributed by atoms with Gasteiger partial charge >= 0.3 is 5.97 Å². The number of thiophene rings is 1. The van der Waals surface area contributed by atoms with Crippen molar-refractivity contribution < 1.29 is 14.7 Å². The van der Waals surface area contributed by atoms with E-state index in [9.17, 15) is 14.7 Å². The maximum Gasteiger partial charge on any atom is 0.308 e. The minimum absolute atomic E-state index is 0.315. The number of aryl methyl sites for hydroxylation is 2. The number of aliphatic imine (C=N–C) groups is 1. The van der Waals surface area contributed by atoms with Crippen LogP contribution in [0.25, 0.3) is 11.1 Å². The van der Waals surface area contributed by atoms with E-state index in [1.165, 1.54) is 6.08 Å². The second kappa shape index (κ2) is 10.7. The standard InChI is InChI=1S/C30H26N6O3S/c1-16-18(3)40-29-25(16)27(33-26(17(2)30(38)39)28-35-34-19(4)36(28)29)22-11-8-20(9-12-22)10-13-24(37)32-23-7-5-6-21(14-23)15-31/h5-14,17,26H,1-4H3,(H,32,37)(H,38,39)/t17-,26?/m0/s1. The summed E-state index contributed by atoms with van der Waals surface area (Å²) >= 11 is 1.61. The first-order valence-corrected chi connectivity index (χ1v) is 13.4. The first-order valence-electron chi connectivity index (χ1n) is 12.6. The molecule has 5 rings (SSSR count). The lowest BCUT2D eigenvalue weighted by Crippen LogP contribution is -2.21. The van der Waals surface area contributed by atoms with E-state index in [1.54, 1.807) is 48.6 Å². The number of nitrogens with zero attached hydrogens (tertiary/aromatic N) is 5. The molecule has 0 saturated heterocycles. The van der Waals surface area contributed by atoms with Crippen molar-refractivity contribution in [1.82, 2.24) is 14.8 Å². The van der Waals surface area contributed by atoms with E-state index < -0.39 is 17.9 Å². The molecule has 200 valence electrons. The lowest BCUT2D eigenvalue weighted by atomic mass is 9.97. The lowest BCUT2D eigenvalue weighted by Gasteiger charge is -2.16. The number of carbonyl (C=O) groups excluding carboxylic acids is 1. The number of nitrogens with one attached hydrogen (secondary N) is 1. The molecular formula is C30H26N6O3S. The number of carboxylic acid groups (broad SMARTS) is 1. The zero-order valence-corrected chi connectivity index (χ0v) is 23.2. The van der Waals surface area contributed by atoms with Crippen molar-refractivity contribution in [3.05, 3.63) is 99.0 Å². The predicted octanol–water partition coefficient (Wildman–Crippen LogP) is 5.39. The van der Waals surface area contributed by atoms with Crippen LogP contribution in [0.15, 0.2) is 59.6 Å². The Morgan fingerprint density at radius 3 is 2.60 bits per heavy atom. The fourth-order valence-corrected chi connectivity index (χ4v) is 5.81. The molecule has 1 aliphatic heterocycles. The van der Waals surface area contributed by atoms with E-state index in [0.29, 0.717) is 28.6 Å². The SMILES string of the molecule is Cc1sc2c(c1C)C(c1ccc(C=CC(=O)Nc3cccc(C#N)c3)cc1)=NC([C@H](C)C(=O)O)c1nnc(C)n1-2. The molecule has 3 heterocycles. The van der Waals surface area contributed by atoms with Crippen molar-refractivity contribution in [2.45, 2.75) is 33.7 Å². The smallest absolute Gasteiger partial charge is 0.308 e. The summed E-state index contributed by atoms with van der Waals surface area (Å²) in [6, 6.07) is 15.7. The summed E-state index contributed by atoms with van der Waals surface area (Å²) in [6.07, 6.45) is 3.13. The number of aliphatic carboxylic acids is 1. The third kappa shape index (κ3) is 4.95. The molecular weight excluding hydrogens is 524 g/mol. The second-order valence-electron chi connectivity index (χ2n) is 9.59. The molecule has 2 aromatic heterocycles. The number of amides is 1. The normalized spacial score (nSPS) is 15.0. The third-order valence-corrected chi connectivity index (χ3v) is 8.12.